The van der Waals surface area contributed by atoms with E-state index in [-0.39, 0.29) is 17.4 Å². The zero-order valence-corrected chi connectivity index (χ0v) is 17.1. The third-order valence-corrected chi connectivity index (χ3v) is 6.89. The molecule has 5 rings (SSSR count). The van der Waals surface area contributed by atoms with E-state index in [1.807, 2.05) is 0 Å². The van der Waals surface area contributed by atoms with Crippen molar-refractivity contribution in [3.63, 3.8) is 0 Å². The predicted octanol–water partition coefficient (Wildman–Crippen LogP) is 2.84. The van der Waals surface area contributed by atoms with Gasteiger partial charge in [0.1, 0.15) is 11.6 Å². The van der Waals surface area contributed by atoms with Crippen LogP contribution >= 0.6 is 0 Å². The van der Waals surface area contributed by atoms with E-state index >= 15 is 0 Å². The maximum Gasteiger partial charge on any atom is 0.255 e. The SMILES string of the molecule is O=C(c1cccc(F)c1)N1CC[C@@H](c2nc3c(c(=O)[nH]2)CN(C2CCCC2)CC3)C1. The van der Waals surface area contributed by atoms with Crippen molar-refractivity contribution in [1.29, 1.82) is 0 Å². The van der Waals surface area contributed by atoms with E-state index in [0.717, 1.165) is 30.6 Å². The van der Waals surface area contributed by atoms with Crippen molar-refractivity contribution in [3.8, 4) is 0 Å². The fraction of sp³-hybridized carbons (Fsp3) is 0.522. The highest BCUT2D eigenvalue weighted by molar-refractivity contribution is 5.94. The third-order valence-electron chi connectivity index (χ3n) is 6.89. The Hall–Kier alpha value is -2.54. The van der Waals surface area contributed by atoms with E-state index in [4.69, 9.17) is 4.98 Å². The molecule has 0 bridgehead atoms. The summed E-state index contributed by atoms with van der Waals surface area (Å²) < 4.78 is 13.5. The molecule has 1 aromatic carbocycles. The van der Waals surface area contributed by atoms with Gasteiger partial charge in [0.25, 0.3) is 11.5 Å². The average molecular weight is 410 g/mol. The van der Waals surface area contributed by atoms with Gasteiger partial charge >= 0.3 is 0 Å². The summed E-state index contributed by atoms with van der Waals surface area (Å²) in [5.41, 5.74) is 2.04. The summed E-state index contributed by atoms with van der Waals surface area (Å²) in [7, 11) is 0. The van der Waals surface area contributed by atoms with Crippen molar-refractivity contribution in [2.45, 2.75) is 57.0 Å². The molecule has 3 aliphatic rings. The molecule has 2 aromatic rings. The minimum absolute atomic E-state index is 0.00775. The van der Waals surface area contributed by atoms with E-state index in [0.29, 0.717) is 37.1 Å². The van der Waals surface area contributed by atoms with Gasteiger partial charge in [-0.05, 0) is 37.5 Å². The molecule has 0 spiro atoms. The summed E-state index contributed by atoms with van der Waals surface area (Å²) in [6, 6.07) is 6.39. The fourth-order valence-electron chi connectivity index (χ4n) is 5.21. The number of nitrogens with zero attached hydrogens (tertiary/aromatic N) is 3. The van der Waals surface area contributed by atoms with E-state index < -0.39 is 5.82 Å². The molecular formula is C23H27FN4O2. The maximum absolute atomic E-state index is 13.5. The summed E-state index contributed by atoms with van der Waals surface area (Å²) in [4.78, 5) is 37.5. The number of fused-ring (bicyclic) bond motifs is 1. The number of aromatic amines is 1. The van der Waals surface area contributed by atoms with Crippen molar-refractivity contribution in [1.82, 2.24) is 19.8 Å². The average Bonchev–Trinajstić information content (AvgIpc) is 3.45. The number of nitrogens with one attached hydrogen (secondary N) is 1. The number of rotatable bonds is 3. The first-order valence-corrected chi connectivity index (χ1v) is 11.0. The summed E-state index contributed by atoms with van der Waals surface area (Å²) in [6.07, 6.45) is 6.59. The Bertz CT molecular complexity index is 1010. The molecule has 1 saturated carbocycles. The van der Waals surface area contributed by atoms with Crippen LogP contribution in [0, 0.1) is 5.82 Å². The number of halogens is 1. The molecule has 1 aliphatic carbocycles. The monoisotopic (exact) mass is 410 g/mol. The van der Waals surface area contributed by atoms with E-state index in [2.05, 4.69) is 9.88 Å². The highest BCUT2D eigenvalue weighted by atomic mass is 19.1. The van der Waals surface area contributed by atoms with Crippen LogP contribution in [0.1, 0.15) is 65.5 Å². The van der Waals surface area contributed by atoms with Crippen LogP contribution in [0.5, 0.6) is 0 Å². The van der Waals surface area contributed by atoms with Gasteiger partial charge in [0.15, 0.2) is 0 Å². The highest BCUT2D eigenvalue weighted by Crippen LogP contribution is 2.29. The lowest BCUT2D eigenvalue weighted by molar-refractivity contribution is 0.0790. The minimum atomic E-state index is -0.413. The summed E-state index contributed by atoms with van der Waals surface area (Å²) in [5.74, 6) is 0.101. The Morgan fingerprint density at radius 1 is 1.17 bits per heavy atom. The second-order valence-corrected chi connectivity index (χ2v) is 8.78. The first kappa shape index (κ1) is 19.4. The van der Waals surface area contributed by atoms with Crippen LogP contribution < -0.4 is 5.56 Å². The van der Waals surface area contributed by atoms with Crippen LogP contribution in [0.4, 0.5) is 4.39 Å². The second-order valence-electron chi connectivity index (χ2n) is 8.78. The van der Waals surface area contributed by atoms with E-state index in [1.54, 1.807) is 17.0 Å². The van der Waals surface area contributed by atoms with Gasteiger partial charge in [0, 0.05) is 50.1 Å². The number of benzene rings is 1. The topological polar surface area (TPSA) is 69.3 Å². The molecule has 1 saturated heterocycles. The van der Waals surface area contributed by atoms with Gasteiger partial charge < -0.3 is 9.88 Å². The smallest absolute Gasteiger partial charge is 0.255 e. The zero-order chi connectivity index (χ0) is 20.7. The quantitative estimate of drug-likeness (QED) is 0.845. The Balaban J connectivity index is 1.31. The Morgan fingerprint density at radius 2 is 2.00 bits per heavy atom. The Morgan fingerprint density at radius 3 is 2.80 bits per heavy atom. The number of carbonyl (C=O) groups excluding carboxylic acids is 1. The molecule has 0 radical (unpaired) electrons. The van der Waals surface area contributed by atoms with Crippen molar-refractivity contribution < 1.29 is 9.18 Å². The van der Waals surface area contributed by atoms with Crippen LogP contribution in [-0.4, -0.2) is 51.4 Å². The largest absolute Gasteiger partial charge is 0.338 e. The first-order chi connectivity index (χ1) is 14.6. The molecule has 7 heteroatoms. The van der Waals surface area contributed by atoms with Gasteiger partial charge in [0.2, 0.25) is 0 Å². The summed E-state index contributed by atoms with van der Waals surface area (Å²) >= 11 is 0. The van der Waals surface area contributed by atoms with Crippen LogP contribution in [-0.2, 0) is 13.0 Å². The molecule has 2 fully saturated rings. The van der Waals surface area contributed by atoms with Crippen molar-refractivity contribution in [3.05, 3.63) is 63.1 Å². The molecule has 0 unspecified atom stereocenters. The maximum atomic E-state index is 13.5. The second kappa shape index (κ2) is 7.95. The molecule has 1 amide bonds. The van der Waals surface area contributed by atoms with Crippen molar-refractivity contribution in [2.24, 2.45) is 0 Å². The first-order valence-electron chi connectivity index (χ1n) is 11.0. The normalized spacial score (nSPS) is 22.4. The van der Waals surface area contributed by atoms with Gasteiger partial charge in [-0.2, -0.15) is 0 Å². The van der Waals surface area contributed by atoms with E-state index in [1.165, 1.54) is 37.8 Å². The fourth-order valence-corrected chi connectivity index (χ4v) is 5.21. The molecule has 6 nitrogen and oxygen atoms in total. The predicted molar refractivity (Wildman–Crippen MR) is 111 cm³/mol. The number of carbonyl (C=O) groups is 1. The third kappa shape index (κ3) is 3.67. The van der Waals surface area contributed by atoms with E-state index in [9.17, 15) is 14.0 Å². The summed E-state index contributed by atoms with van der Waals surface area (Å²) in [6.45, 7) is 2.72. The number of likely N-dealkylation sites (tertiary alicyclic amines) is 1. The molecular weight excluding hydrogens is 383 g/mol. The number of amides is 1. The summed E-state index contributed by atoms with van der Waals surface area (Å²) in [5, 5.41) is 0. The number of H-pyrrole nitrogens is 1. The molecule has 1 atom stereocenters. The highest BCUT2D eigenvalue weighted by Gasteiger charge is 2.32. The van der Waals surface area contributed by atoms with Crippen molar-refractivity contribution >= 4 is 5.91 Å². The van der Waals surface area contributed by atoms with Gasteiger partial charge in [-0.3, -0.25) is 14.5 Å². The lowest BCUT2D eigenvalue weighted by atomic mass is 10.0. The van der Waals surface area contributed by atoms with Crippen LogP contribution in [0.2, 0.25) is 0 Å². The van der Waals surface area contributed by atoms with Gasteiger partial charge in [0.05, 0.1) is 11.3 Å². The molecule has 1 aromatic heterocycles. The van der Waals surface area contributed by atoms with Gasteiger partial charge in [-0.25, -0.2) is 9.37 Å². The molecule has 2 aliphatic heterocycles. The molecule has 30 heavy (non-hydrogen) atoms. The number of aromatic nitrogens is 2. The lowest BCUT2D eigenvalue weighted by Crippen LogP contribution is -2.41. The number of hydrogen-bond donors (Lipinski definition) is 1. The van der Waals surface area contributed by atoms with Crippen LogP contribution in [0.3, 0.4) is 0 Å². The van der Waals surface area contributed by atoms with Gasteiger partial charge in [-0.1, -0.05) is 18.9 Å². The molecule has 158 valence electrons. The number of hydrogen-bond acceptors (Lipinski definition) is 4. The lowest BCUT2D eigenvalue weighted by Gasteiger charge is -2.32. The molecule has 1 N–H and O–H groups in total. The van der Waals surface area contributed by atoms with Crippen LogP contribution in [0.15, 0.2) is 29.1 Å². The zero-order valence-electron chi connectivity index (χ0n) is 17.1. The molecule has 3 heterocycles. The Labute approximate surface area is 175 Å². The Kier molecular flexibility index (Phi) is 5.15. The van der Waals surface area contributed by atoms with Crippen LogP contribution in [0.25, 0.3) is 0 Å². The van der Waals surface area contributed by atoms with Gasteiger partial charge in [-0.15, -0.1) is 0 Å². The van der Waals surface area contributed by atoms with Crippen molar-refractivity contribution in [2.75, 3.05) is 19.6 Å². The minimum Gasteiger partial charge on any atom is -0.338 e. The standard InChI is InChI=1S/C23H27FN4O2/c24-17-5-3-4-15(12-17)23(30)28-10-8-16(13-28)21-25-20-9-11-27(18-6-1-2-7-18)14-19(20)22(29)26-21/h3-5,12,16,18H,1-2,6-11,13-14H2,(H,25,26,29)/t16-/m1/s1.